The number of hydrogen-bond acceptors (Lipinski definition) is 7. The summed E-state index contributed by atoms with van der Waals surface area (Å²) in [7, 11) is 0. The molecule has 0 unspecified atom stereocenters. The molecule has 4 heterocycles. The lowest BCUT2D eigenvalue weighted by Gasteiger charge is -2.37. The fraction of sp³-hybridized carbons (Fsp3) is 0.517. The minimum atomic E-state index is -1.42. The lowest BCUT2D eigenvalue weighted by molar-refractivity contribution is -0.159. The molecule has 1 aromatic rings. The number of allylic oxidation sites excluding steroid dienone is 1. The van der Waals surface area contributed by atoms with Crippen LogP contribution in [0.4, 0.5) is 0 Å². The van der Waals surface area contributed by atoms with Crippen molar-refractivity contribution in [3.05, 3.63) is 60.2 Å². The maximum absolute atomic E-state index is 14.2. The van der Waals surface area contributed by atoms with Crippen LogP contribution in [0.2, 0.25) is 0 Å². The molecule has 5 rings (SSSR count). The van der Waals surface area contributed by atoms with Gasteiger partial charge in [0.1, 0.15) is 23.7 Å². The minimum absolute atomic E-state index is 0.151. The van der Waals surface area contributed by atoms with Crippen LogP contribution in [-0.2, 0) is 35.2 Å². The maximum Gasteiger partial charge on any atom is 0.313 e. The Kier molecular flexibility index (Phi) is 7.59. The van der Waals surface area contributed by atoms with E-state index in [0.717, 1.165) is 5.56 Å². The zero-order valence-electron chi connectivity index (χ0n) is 22.2. The molecule has 2 N–H and O–H groups in total. The summed E-state index contributed by atoms with van der Waals surface area (Å²) in [4.78, 5) is 57.0. The van der Waals surface area contributed by atoms with Crippen molar-refractivity contribution >= 4 is 23.7 Å². The number of benzene rings is 1. The van der Waals surface area contributed by atoms with Crippen molar-refractivity contribution < 1.29 is 33.8 Å². The van der Waals surface area contributed by atoms with Gasteiger partial charge in [-0.15, -0.1) is 0 Å². The van der Waals surface area contributed by atoms with Gasteiger partial charge < -0.3 is 29.7 Å². The van der Waals surface area contributed by atoms with E-state index < -0.39 is 53.6 Å². The van der Waals surface area contributed by atoms with Crippen LogP contribution in [0.3, 0.4) is 0 Å². The molecule has 208 valence electrons. The number of nitrogens with one attached hydrogen (secondary N) is 1. The molecule has 0 saturated carbocycles. The van der Waals surface area contributed by atoms with Crippen LogP contribution in [-0.4, -0.2) is 88.2 Å². The monoisotopic (exact) mass is 537 g/mol. The Hall–Kier alpha value is -3.50. The van der Waals surface area contributed by atoms with Crippen molar-refractivity contribution in [3.63, 3.8) is 0 Å². The summed E-state index contributed by atoms with van der Waals surface area (Å²) in [6.45, 7) is 3.80. The summed E-state index contributed by atoms with van der Waals surface area (Å²) in [6, 6.07) is 7.83. The van der Waals surface area contributed by atoms with Crippen LogP contribution in [0.1, 0.15) is 32.3 Å². The van der Waals surface area contributed by atoms with Crippen LogP contribution < -0.4 is 5.32 Å². The second kappa shape index (κ2) is 10.9. The summed E-state index contributed by atoms with van der Waals surface area (Å²) in [5, 5.41) is 12.8. The van der Waals surface area contributed by atoms with E-state index in [1.165, 1.54) is 4.90 Å². The third kappa shape index (κ3) is 4.87. The molecule has 1 spiro atoms. The van der Waals surface area contributed by atoms with Crippen molar-refractivity contribution in [2.24, 2.45) is 11.8 Å². The molecule has 2 saturated heterocycles. The number of cyclic esters (lactones) is 1. The molecular weight excluding hydrogens is 502 g/mol. The first-order chi connectivity index (χ1) is 18.8. The first-order valence-corrected chi connectivity index (χ1v) is 13.5. The number of esters is 1. The number of hydrogen-bond donors (Lipinski definition) is 2. The number of rotatable bonds is 4. The van der Waals surface area contributed by atoms with Crippen LogP contribution in [0, 0.1) is 11.8 Å². The predicted molar refractivity (Wildman–Crippen MR) is 140 cm³/mol. The standard InChI is InChI=1S/C29H35N3O7/c1-18(17-33)32-25-27(36)31(16-20-9-4-3-5-10-20)14-8-13-29(25)24(26(32)35)23-21(39-29)11-6-7-12-22(34)30-15-19(2)38-28(23)37/h3-6,8-11,13,18-19,21,23-25,33H,7,12,14-17H2,1-2H3,(H,30,34)/b11-6-/t18-,19+,21+,23-,24-,25+,29-/m1/s1. The molecule has 0 aliphatic carbocycles. The second-order valence-corrected chi connectivity index (χ2v) is 10.7. The Morgan fingerprint density at radius 1 is 1.13 bits per heavy atom. The summed E-state index contributed by atoms with van der Waals surface area (Å²) >= 11 is 0. The van der Waals surface area contributed by atoms with Gasteiger partial charge in [0.25, 0.3) is 0 Å². The molecule has 7 atom stereocenters. The van der Waals surface area contributed by atoms with E-state index in [4.69, 9.17) is 9.47 Å². The van der Waals surface area contributed by atoms with Crippen LogP contribution in [0.25, 0.3) is 0 Å². The smallest absolute Gasteiger partial charge is 0.313 e. The number of carbonyl (C=O) groups excluding carboxylic acids is 4. The number of carbonyl (C=O) groups is 4. The van der Waals surface area contributed by atoms with Crippen molar-refractivity contribution in [3.8, 4) is 0 Å². The van der Waals surface area contributed by atoms with E-state index >= 15 is 0 Å². The van der Waals surface area contributed by atoms with Gasteiger partial charge in [-0.3, -0.25) is 19.2 Å². The van der Waals surface area contributed by atoms with E-state index in [-0.39, 0.29) is 31.4 Å². The molecule has 4 aliphatic rings. The summed E-state index contributed by atoms with van der Waals surface area (Å²) in [6.07, 6.45) is 6.31. The number of nitrogens with zero attached hydrogens (tertiary/aromatic N) is 2. The maximum atomic E-state index is 14.2. The van der Waals surface area contributed by atoms with Gasteiger partial charge in [-0.1, -0.05) is 54.6 Å². The second-order valence-electron chi connectivity index (χ2n) is 10.7. The highest BCUT2D eigenvalue weighted by atomic mass is 16.6. The highest BCUT2D eigenvalue weighted by Gasteiger charge is 2.72. The molecule has 0 bridgehead atoms. The van der Waals surface area contributed by atoms with Crippen molar-refractivity contribution in [2.75, 3.05) is 19.7 Å². The fourth-order valence-corrected chi connectivity index (χ4v) is 6.16. The number of aliphatic hydroxyl groups excluding tert-OH is 1. The average molecular weight is 538 g/mol. The number of amides is 3. The molecule has 2 fully saturated rings. The summed E-state index contributed by atoms with van der Waals surface area (Å²) in [5.41, 5.74) is -0.478. The first-order valence-electron chi connectivity index (χ1n) is 13.5. The zero-order chi connectivity index (χ0) is 27.7. The topological polar surface area (TPSA) is 125 Å². The van der Waals surface area contributed by atoms with Gasteiger partial charge >= 0.3 is 5.97 Å². The Morgan fingerprint density at radius 3 is 2.64 bits per heavy atom. The predicted octanol–water partition coefficient (Wildman–Crippen LogP) is 0.945. The highest BCUT2D eigenvalue weighted by molar-refractivity contribution is 5.99. The minimum Gasteiger partial charge on any atom is -0.460 e. The Bertz CT molecular complexity index is 1180. The molecule has 0 aromatic heterocycles. The molecular formula is C29H35N3O7. The number of fused-ring (bicyclic) bond motifs is 2. The van der Waals surface area contributed by atoms with Gasteiger partial charge in [0.2, 0.25) is 17.7 Å². The molecule has 3 amide bonds. The lowest BCUT2D eigenvalue weighted by atomic mass is 9.78. The van der Waals surface area contributed by atoms with Gasteiger partial charge in [-0.25, -0.2) is 0 Å². The van der Waals surface area contributed by atoms with Crippen LogP contribution in [0.15, 0.2) is 54.6 Å². The Morgan fingerprint density at radius 2 is 1.90 bits per heavy atom. The van der Waals surface area contributed by atoms with Gasteiger partial charge in [0.15, 0.2) is 0 Å². The third-order valence-electron chi connectivity index (χ3n) is 8.01. The summed E-state index contributed by atoms with van der Waals surface area (Å²) < 4.78 is 12.3. The number of ether oxygens (including phenoxy) is 2. The molecule has 1 aromatic carbocycles. The van der Waals surface area contributed by atoms with E-state index in [0.29, 0.717) is 19.5 Å². The van der Waals surface area contributed by atoms with Crippen molar-refractivity contribution in [1.29, 1.82) is 0 Å². The normalized spacial score (nSPS) is 34.6. The third-order valence-corrected chi connectivity index (χ3v) is 8.01. The molecule has 10 nitrogen and oxygen atoms in total. The average Bonchev–Trinajstić information content (AvgIpc) is 3.32. The number of likely N-dealkylation sites (tertiary alicyclic amines) is 1. The molecule has 0 radical (unpaired) electrons. The molecule has 4 aliphatic heterocycles. The Labute approximate surface area is 227 Å². The van der Waals surface area contributed by atoms with Gasteiger partial charge in [0, 0.05) is 19.5 Å². The van der Waals surface area contributed by atoms with Gasteiger partial charge in [-0.2, -0.15) is 0 Å². The SMILES string of the molecule is C[C@H](CO)N1C(=O)[C@H]2[C@@H]3C(=O)O[C@@H](C)CNC(=O)CC/C=C\[C@@H]3O[C@]23C=CCN(Cc2ccccc2)C(=O)[C@H]13. The molecule has 10 heteroatoms. The van der Waals surface area contributed by atoms with Crippen LogP contribution in [0.5, 0.6) is 0 Å². The number of aliphatic hydroxyl groups is 1. The quantitative estimate of drug-likeness (QED) is 0.433. The van der Waals surface area contributed by atoms with E-state index in [1.54, 1.807) is 37.0 Å². The zero-order valence-corrected chi connectivity index (χ0v) is 22.2. The van der Waals surface area contributed by atoms with E-state index in [9.17, 15) is 24.3 Å². The van der Waals surface area contributed by atoms with Gasteiger partial charge in [-0.05, 0) is 25.8 Å². The van der Waals surface area contributed by atoms with E-state index in [2.05, 4.69) is 5.32 Å². The van der Waals surface area contributed by atoms with Gasteiger partial charge in [0.05, 0.1) is 31.2 Å². The first kappa shape index (κ1) is 27.1. The Balaban J connectivity index is 1.56. The summed E-state index contributed by atoms with van der Waals surface area (Å²) in [5.74, 6) is -3.51. The van der Waals surface area contributed by atoms with E-state index in [1.807, 2.05) is 36.4 Å². The van der Waals surface area contributed by atoms with Crippen molar-refractivity contribution in [1.82, 2.24) is 15.1 Å². The molecule has 39 heavy (non-hydrogen) atoms. The van der Waals surface area contributed by atoms with Crippen molar-refractivity contribution in [2.45, 2.75) is 63.1 Å². The van der Waals surface area contributed by atoms with Crippen LogP contribution >= 0.6 is 0 Å². The highest BCUT2D eigenvalue weighted by Crippen LogP contribution is 2.53. The lowest BCUT2D eigenvalue weighted by Crippen LogP contribution is -2.57. The fourth-order valence-electron chi connectivity index (χ4n) is 6.16. The largest absolute Gasteiger partial charge is 0.460 e.